The van der Waals surface area contributed by atoms with Gasteiger partial charge in [0, 0.05) is 19.2 Å². The molecule has 0 fully saturated rings. The fourth-order valence-corrected chi connectivity index (χ4v) is 1.92. The van der Waals surface area contributed by atoms with Gasteiger partial charge in [-0.3, -0.25) is 9.78 Å². The smallest absolute Gasteiger partial charge is 0.303 e. The maximum Gasteiger partial charge on any atom is 0.303 e. The molecule has 2 aromatic heterocycles. The molecule has 0 unspecified atom stereocenters. The molecule has 0 saturated heterocycles. The van der Waals surface area contributed by atoms with Crippen LogP contribution in [0.25, 0.3) is 11.0 Å². The Balaban J connectivity index is 2.26. The van der Waals surface area contributed by atoms with Crippen molar-refractivity contribution in [2.24, 2.45) is 0 Å². The Labute approximate surface area is 96.7 Å². The van der Waals surface area contributed by atoms with E-state index in [1.165, 1.54) is 0 Å². The number of pyridine rings is 1. The van der Waals surface area contributed by atoms with E-state index < -0.39 is 5.97 Å². The van der Waals surface area contributed by atoms with Crippen LogP contribution in [0.3, 0.4) is 0 Å². The van der Waals surface area contributed by atoms with Crippen LogP contribution in [0.2, 0.25) is 0 Å². The Morgan fingerprint density at radius 3 is 3.19 bits per heavy atom. The number of aromatic nitrogens is 3. The van der Waals surface area contributed by atoms with Gasteiger partial charge in [-0.1, -0.05) is 0 Å². The first kappa shape index (κ1) is 10.8. The SMILES string of the molecule is O=C(O)CCCn1c(=S)[nH]c2cnccc21. The number of aromatic amines is 1. The summed E-state index contributed by atoms with van der Waals surface area (Å²) in [5.41, 5.74) is 1.84. The number of imidazole rings is 1. The minimum atomic E-state index is -0.784. The highest BCUT2D eigenvalue weighted by atomic mass is 32.1. The van der Waals surface area contributed by atoms with Gasteiger partial charge >= 0.3 is 5.97 Å². The normalized spacial score (nSPS) is 10.8. The monoisotopic (exact) mass is 237 g/mol. The lowest BCUT2D eigenvalue weighted by Gasteiger charge is -2.02. The van der Waals surface area contributed by atoms with E-state index in [1.54, 1.807) is 12.4 Å². The maximum atomic E-state index is 10.4. The zero-order chi connectivity index (χ0) is 11.5. The third-order valence-corrected chi connectivity index (χ3v) is 2.67. The van der Waals surface area contributed by atoms with Crippen molar-refractivity contribution in [3.63, 3.8) is 0 Å². The molecule has 0 atom stereocenters. The quantitative estimate of drug-likeness (QED) is 0.797. The van der Waals surface area contributed by atoms with Crippen LogP contribution in [-0.4, -0.2) is 25.6 Å². The Bertz CT molecular complexity index is 573. The molecule has 0 aliphatic heterocycles. The molecule has 2 aromatic rings. The summed E-state index contributed by atoms with van der Waals surface area (Å²) in [6.07, 6.45) is 4.12. The first-order chi connectivity index (χ1) is 7.68. The van der Waals surface area contributed by atoms with Gasteiger partial charge in [0.1, 0.15) is 0 Å². The lowest BCUT2D eigenvalue weighted by molar-refractivity contribution is -0.137. The van der Waals surface area contributed by atoms with Gasteiger partial charge in [0.15, 0.2) is 4.77 Å². The van der Waals surface area contributed by atoms with E-state index in [0.29, 0.717) is 17.7 Å². The van der Waals surface area contributed by atoms with E-state index in [-0.39, 0.29) is 6.42 Å². The van der Waals surface area contributed by atoms with E-state index in [0.717, 1.165) is 11.0 Å². The number of hydrogen-bond acceptors (Lipinski definition) is 3. The highest BCUT2D eigenvalue weighted by Gasteiger charge is 2.04. The van der Waals surface area contributed by atoms with Crippen molar-refractivity contribution in [3.8, 4) is 0 Å². The summed E-state index contributed by atoms with van der Waals surface area (Å²) in [7, 11) is 0. The average Bonchev–Trinajstić information content (AvgIpc) is 2.55. The number of carbonyl (C=O) groups is 1. The van der Waals surface area contributed by atoms with Crippen molar-refractivity contribution in [1.29, 1.82) is 0 Å². The zero-order valence-corrected chi connectivity index (χ0v) is 9.33. The second-order valence-corrected chi connectivity index (χ2v) is 3.86. The van der Waals surface area contributed by atoms with Crippen molar-refractivity contribution in [3.05, 3.63) is 23.2 Å². The van der Waals surface area contributed by atoms with Gasteiger partial charge in [0.2, 0.25) is 0 Å². The minimum absolute atomic E-state index is 0.152. The van der Waals surface area contributed by atoms with Crippen molar-refractivity contribution in [2.45, 2.75) is 19.4 Å². The Hall–Kier alpha value is -1.69. The van der Waals surface area contributed by atoms with E-state index in [9.17, 15) is 4.79 Å². The van der Waals surface area contributed by atoms with Crippen LogP contribution in [0.1, 0.15) is 12.8 Å². The molecule has 5 nitrogen and oxygen atoms in total. The number of carboxylic acids is 1. The summed E-state index contributed by atoms with van der Waals surface area (Å²) in [5.74, 6) is -0.784. The van der Waals surface area contributed by atoms with E-state index >= 15 is 0 Å². The van der Waals surface area contributed by atoms with Crippen LogP contribution in [0, 0.1) is 4.77 Å². The molecule has 0 aliphatic carbocycles. The first-order valence-corrected chi connectivity index (χ1v) is 5.33. The molecule has 0 aromatic carbocycles. The molecular weight excluding hydrogens is 226 g/mol. The van der Waals surface area contributed by atoms with E-state index in [1.807, 2.05) is 10.6 Å². The predicted octanol–water partition coefficient (Wildman–Crippen LogP) is 1.96. The number of rotatable bonds is 4. The third-order valence-electron chi connectivity index (χ3n) is 2.35. The van der Waals surface area contributed by atoms with Gasteiger partial charge in [0.25, 0.3) is 0 Å². The predicted molar refractivity (Wildman–Crippen MR) is 61.8 cm³/mol. The molecule has 0 saturated carbocycles. The number of fused-ring (bicyclic) bond motifs is 1. The first-order valence-electron chi connectivity index (χ1n) is 4.93. The fraction of sp³-hybridized carbons (Fsp3) is 0.300. The highest BCUT2D eigenvalue weighted by molar-refractivity contribution is 7.71. The van der Waals surface area contributed by atoms with Crippen LogP contribution >= 0.6 is 12.2 Å². The van der Waals surface area contributed by atoms with Crippen molar-refractivity contribution in [2.75, 3.05) is 0 Å². The molecule has 0 radical (unpaired) electrons. The van der Waals surface area contributed by atoms with Crippen molar-refractivity contribution >= 4 is 29.2 Å². The molecule has 2 rings (SSSR count). The second kappa shape index (κ2) is 4.44. The Kier molecular flexibility index (Phi) is 3.00. The fourth-order valence-electron chi connectivity index (χ4n) is 1.62. The maximum absolute atomic E-state index is 10.4. The summed E-state index contributed by atoms with van der Waals surface area (Å²) in [6.45, 7) is 0.606. The zero-order valence-electron chi connectivity index (χ0n) is 8.51. The lowest BCUT2D eigenvalue weighted by atomic mass is 10.3. The van der Waals surface area contributed by atoms with Crippen LogP contribution in [0.15, 0.2) is 18.5 Å². The average molecular weight is 237 g/mol. The Morgan fingerprint density at radius 1 is 1.62 bits per heavy atom. The topological polar surface area (TPSA) is 70.9 Å². The van der Waals surface area contributed by atoms with E-state index in [2.05, 4.69) is 9.97 Å². The molecule has 0 bridgehead atoms. The van der Waals surface area contributed by atoms with Gasteiger partial charge < -0.3 is 14.7 Å². The van der Waals surface area contributed by atoms with Crippen LogP contribution in [0.5, 0.6) is 0 Å². The number of nitrogens with zero attached hydrogens (tertiary/aromatic N) is 2. The van der Waals surface area contributed by atoms with Gasteiger partial charge in [0.05, 0.1) is 17.2 Å². The molecule has 0 aliphatic rings. The van der Waals surface area contributed by atoms with Crippen LogP contribution in [-0.2, 0) is 11.3 Å². The largest absolute Gasteiger partial charge is 0.481 e. The standard InChI is InChI=1S/C10H11N3O2S/c14-9(15)2-1-5-13-8-3-4-11-6-7(8)12-10(13)16/h3-4,6H,1-2,5H2,(H,12,16)(H,14,15). The van der Waals surface area contributed by atoms with Crippen LogP contribution in [0.4, 0.5) is 0 Å². The summed E-state index contributed by atoms with van der Waals surface area (Å²) >= 11 is 5.16. The van der Waals surface area contributed by atoms with Crippen molar-refractivity contribution in [1.82, 2.24) is 14.5 Å². The van der Waals surface area contributed by atoms with E-state index in [4.69, 9.17) is 17.3 Å². The summed E-state index contributed by atoms with van der Waals surface area (Å²) in [4.78, 5) is 17.4. The molecule has 16 heavy (non-hydrogen) atoms. The van der Waals surface area contributed by atoms with Gasteiger partial charge in [-0.15, -0.1) is 0 Å². The number of carboxylic acid groups (broad SMARTS) is 1. The molecular formula is C10H11N3O2S. The highest BCUT2D eigenvalue weighted by Crippen LogP contribution is 2.12. The molecule has 84 valence electrons. The number of H-pyrrole nitrogens is 1. The summed E-state index contributed by atoms with van der Waals surface area (Å²) < 4.78 is 2.50. The van der Waals surface area contributed by atoms with Crippen molar-refractivity contribution < 1.29 is 9.90 Å². The summed E-state index contributed by atoms with van der Waals surface area (Å²) in [6, 6.07) is 1.86. The molecule has 2 heterocycles. The number of aliphatic carboxylic acids is 1. The lowest BCUT2D eigenvalue weighted by Crippen LogP contribution is -2.01. The molecule has 0 spiro atoms. The minimum Gasteiger partial charge on any atom is -0.481 e. The molecule has 6 heteroatoms. The summed E-state index contributed by atoms with van der Waals surface area (Å²) in [5, 5.41) is 8.57. The van der Waals surface area contributed by atoms with Gasteiger partial charge in [-0.2, -0.15) is 0 Å². The number of aryl methyl sites for hydroxylation is 1. The van der Waals surface area contributed by atoms with Crippen LogP contribution < -0.4 is 0 Å². The Morgan fingerprint density at radius 2 is 2.44 bits per heavy atom. The number of hydrogen-bond donors (Lipinski definition) is 2. The third kappa shape index (κ3) is 2.11. The second-order valence-electron chi connectivity index (χ2n) is 3.47. The van der Waals surface area contributed by atoms with Gasteiger partial charge in [-0.25, -0.2) is 0 Å². The van der Waals surface area contributed by atoms with Gasteiger partial charge in [-0.05, 0) is 24.7 Å². The molecule has 0 amide bonds. The molecule has 2 N–H and O–H groups in total. The number of nitrogens with one attached hydrogen (secondary N) is 1.